The molecule has 0 spiro atoms. The van der Waals surface area contributed by atoms with E-state index in [1.165, 1.54) is 4.90 Å². The first-order chi connectivity index (χ1) is 13.7. The average Bonchev–Trinajstić information content (AvgIpc) is 2.65. The fraction of sp³-hybridized carbons (Fsp3) is 0.579. The number of benzene rings is 1. The maximum Gasteiger partial charge on any atom is 0.416 e. The first-order valence-electron chi connectivity index (χ1n) is 9.42. The van der Waals surface area contributed by atoms with E-state index in [9.17, 15) is 32.9 Å². The van der Waals surface area contributed by atoms with Gasteiger partial charge in [0.1, 0.15) is 11.7 Å². The third kappa shape index (κ3) is 5.39. The van der Waals surface area contributed by atoms with Crippen molar-refractivity contribution in [2.45, 2.75) is 39.9 Å². The number of halogens is 3. The summed E-state index contributed by atoms with van der Waals surface area (Å²) in [5.41, 5.74) is -2.28. The number of rotatable bonds is 4. The van der Waals surface area contributed by atoms with Gasteiger partial charge >= 0.3 is 6.18 Å². The van der Waals surface area contributed by atoms with Crippen LogP contribution >= 0.6 is 0 Å². The smallest absolute Gasteiger partial charge is 0.362 e. The van der Waals surface area contributed by atoms with Crippen molar-refractivity contribution in [2.75, 3.05) is 31.1 Å². The summed E-state index contributed by atoms with van der Waals surface area (Å²) in [6.45, 7) is 7.67. The molecule has 1 atom stereocenters. The average molecular weight is 430 g/mol. The molecule has 2 rings (SSSR count). The topological polar surface area (TPSA) is 95.8 Å². The minimum Gasteiger partial charge on any atom is -0.362 e. The third-order valence-electron chi connectivity index (χ3n) is 4.83. The number of piperazine rings is 1. The maximum absolute atomic E-state index is 12.9. The molecule has 1 unspecified atom stereocenters. The molecule has 1 aromatic rings. The molecular formula is C19H25F3N4O4. The van der Waals surface area contributed by atoms with Crippen LogP contribution in [0.4, 0.5) is 24.5 Å². The molecule has 2 amide bonds. The van der Waals surface area contributed by atoms with E-state index in [1.54, 1.807) is 32.6 Å². The number of hydrogen-bond acceptors (Lipinski definition) is 5. The van der Waals surface area contributed by atoms with Crippen molar-refractivity contribution in [3.8, 4) is 0 Å². The van der Waals surface area contributed by atoms with E-state index in [0.29, 0.717) is 6.07 Å². The summed E-state index contributed by atoms with van der Waals surface area (Å²) >= 11 is 0. The van der Waals surface area contributed by atoms with Crippen LogP contribution in [0.2, 0.25) is 0 Å². The maximum atomic E-state index is 12.9. The first kappa shape index (κ1) is 23.4. The largest absolute Gasteiger partial charge is 0.416 e. The second-order valence-corrected chi connectivity index (χ2v) is 8.22. The molecule has 1 fully saturated rings. The van der Waals surface area contributed by atoms with Crippen LogP contribution in [-0.4, -0.2) is 53.9 Å². The second-order valence-electron chi connectivity index (χ2n) is 8.22. The Kier molecular flexibility index (Phi) is 6.63. The fourth-order valence-corrected chi connectivity index (χ4v) is 3.03. The summed E-state index contributed by atoms with van der Waals surface area (Å²) in [6.07, 6.45) is -4.68. The molecule has 1 saturated heterocycles. The lowest BCUT2D eigenvalue weighted by molar-refractivity contribution is -0.384. The minimum atomic E-state index is -4.68. The number of nitrogens with zero attached hydrogens (tertiary/aromatic N) is 3. The van der Waals surface area contributed by atoms with Crippen LogP contribution in [0.5, 0.6) is 0 Å². The molecule has 30 heavy (non-hydrogen) atoms. The van der Waals surface area contributed by atoms with Crippen molar-refractivity contribution < 1.29 is 27.7 Å². The summed E-state index contributed by atoms with van der Waals surface area (Å²) < 4.78 is 38.6. The molecule has 0 aliphatic carbocycles. The highest BCUT2D eigenvalue weighted by atomic mass is 19.4. The molecular weight excluding hydrogens is 405 g/mol. The Morgan fingerprint density at radius 3 is 2.17 bits per heavy atom. The molecule has 166 valence electrons. The molecule has 8 nitrogen and oxygen atoms in total. The standard InChI is InChI=1S/C19H25F3N4O4/c1-12(23-17(28)18(2,3)4)16(27)25-9-7-24(8-10-25)14-6-5-13(19(20,21)22)11-15(14)26(29)30/h5-6,11-12H,7-10H2,1-4H3,(H,23,28). The number of amides is 2. The van der Waals surface area contributed by atoms with Crippen molar-refractivity contribution in [3.63, 3.8) is 0 Å². The zero-order valence-corrected chi connectivity index (χ0v) is 17.2. The molecule has 0 bridgehead atoms. The van der Waals surface area contributed by atoms with E-state index in [-0.39, 0.29) is 43.7 Å². The van der Waals surface area contributed by atoms with Gasteiger partial charge in [0.05, 0.1) is 10.5 Å². The van der Waals surface area contributed by atoms with Crippen LogP contribution < -0.4 is 10.2 Å². The van der Waals surface area contributed by atoms with Crippen LogP contribution in [0.15, 0.2) is 18.2 Å². The first-order valence-corrected chi connectivity index (χ1v) is 9.42. The number of alkyl halides is 3. The van der Waals surface area contributed by atoms with Crippen LogP contribution in [0, 0.1) is 15.5 Å². The van der Waals surface area contributed by atoms with Gasteiger partial charge in [0.25, 0.3) is 5.69 Å². The Balaban J connectivity index is 2.08. The molecule has 1 aromatic carbocycles. The van der Waals surface area contributed by atoms with Crippen LogP contribution in [0.3, 0.4) is 0 Å². The number of anilines is 1. The number of nitrogens with one attached hydrogen (secondary N) is 1. The van der Waals surface area contributed by atoms with Gasteiger partial charge in [0.15, 0.2) is 0 Å². The zero-order valence-electron chi connectivity index (χ0n) is 17.2. The van der Waals surface area contributed by atoms with Gasteiger partial charge < -0.3 is 15.1 Å². The summed E-state index contributed by atoms with van der Waals surface area (Å²) in [4.78, 5) is 38.2. The molecule has 0 aromatic heterocycles. The highest BCUT2D eigenvalue weighted by molar-refractivity contribution is 5.89. The van der Waals surface area contributed by atoms with Gasteiger partial charge in [-0.2, -0.15) is 13.2 Å². The van der Waals surface area contributed by atoms with Crippen LogP contribution in [0.25, 0.3) is 0 Å². The minimum absolute atomic E-state index is 0.0779. The van der Waals surface area contributed by atoms with E-state index in [1.807, 2.05) is 0 Å². The molecule has 1 aliphatic heterocycles. The van der Waals surface area contributed by atoms with E-state index in [2.05, 4.69) is 5.32 Å². The fourth-order valence-electron chi connectivity index (χ4n) is 3.03. The lowest BCUT2D eigenvalue weighted by atomic mass is 9.95. The Morgan fingerprint density at radius 2 is 1.70 bits per heavy atom. The molecule has 0 saturated carbocycles. The Bertz CT molecular complexity index is 828. The van der Waals surface area contributed by atoms with Gasteiger partial charge in [0.2, 0.25) is 11.8 Å². The summed E-state index contributed by atoms with van der Waals surface area (Å²) in [7, 11) is 0. The molecule has 0 radical (unpaired) electrons. The van der Waals surface area contributed by atoms with Crippen molar-refractivity contribution in [2.24, 2.45) is 5.41 Å². The predicted molar refractivity (Wildman–Crippen MR) is 104 cm³/mol. The number of nitro benzene ring substituents is 1. The van der Waals surface area contributed by atoms with Gasteiger partial charge in [0, 0.05) is 37.7 Å². The number of carbonyl (C=O) groups excluding carboxylic acids is 2. The number of carbonyl (C=O) groups is 2. The molecule has 1 aliphatic rings. The van der Waals surface area contributed by atoms with Crippen LogP contribution in [-0.2, 0) is 15.8 Å². The summed E-state index contributed by atoms with van der Waals surface area (Å²) in [6, 6.07) is 1.69. The summed E-state index contributed by atoms with van der Waals surface area (Å²) in [5.74, 6) is -0.545. The van der Waals surface area contributed by atoms with Gasteiger partial charge in [-0.3, -0.25) is 19.7 Å². The predicted octanol–water partition coefficient (Wildman–Crippen LogP) is 2.81. The van der Waals surface area contributed by atoms with Gasteiger partial charge in [-0.15, -0.1) is 0 Å². The number of hydrogen-bond donors (Lipinski definition) is 1. The quantitative estimate of drug-likeness (QED) is 0.585. The molecule has 1 N–H and O–H groups in total. The lowest BCUT2D eigenvalue weighted by Gasteiger charge is -2.37. The van der Waals surface area contributed by atoms with Crippen molar-refractivity contribution in [3.05, 3.63) is 33.9 Å². The Labute approximate surface area is 172 Å². The van der Waals surface area contributed by atoms with E-state index < -0.39 is 33.8 Å². The molecule has 11 heteroatoms. The van der Waals surface area contributed by atoms with Crippen molar-refractivity contribution in [1.82, 2.24) is 10.2 Å². The lowest BCUT2D eigenvalue weighted by Crippen LogP contribution is -2.55. The van der Waals surface area contributed by atoms with Gasteiger partial charge in [-0.25, -0.2) is 0 Å². The van der Waals surface area contributed by atoms with Crippen molar-refractivity contribution in [1.29, 1.82) is 0 Å². The second kappa shape index (κ2) is 8.49. The third-order valence-corrected chi connectivity index (χ3v) is 4.83. The molecule has 1 heterocycles. The van der Waals surface area contributed by atoms with E-state index >= 15 is 0 Å². The highest BCUT2D eigenvalue weighted by Crippen LogP contribution is 2.36. The van der Waals surface area contributed by atoms with Crippen molar-refractivity contribution >= 4 is 23.2 Å². The zero-order chi connectivity index (χ0) is 22.9. The number of nitro groups is 1. The summed E-state index contributed by atoms with van der Waals surface area (Å²) in [5, 5.41) is 14.0. The monoisotopic (exact) mass is 430 g/mol. The van der Waals surface area contributed by atoms with Gasteiger partial charge in [-0.1, -0.05) is 20.8 Å². The normalized spacial score (nSPS) is 16.2. The Hall–Kier alpha value is -2.85. The van der Waals surface area contributed by atoms with E-state index in [4.69, 9.17) is 0 Å². The van der Waals surface area contributed by atoms with E-state index in [0.717, 1.165) is 12.1 Å². The SMILES string of the molecule is CC(NC(=O)C(C)(C)C)C(=O)N1CCN(c2ccc(C(F)(F)F)cc2[N+](=O)[O-])CC1. The van der Waals surface area contributed by atoms with Gasteiger partial charge in [-0.05, 0) is 19.1 Å². The van der Waals surface area contributed by atoms with Crippen LogP contribution in [0.1, 0.15) is 33.3 Å². The Morgan fingerprint density at radius 1 is 1.13 bits per heavy atom. The highest BCUT2D eigenvalue weighted by Gasteiger charge is 2.35.